The van der Waals surface area contributed by atoms with Gasteiger partial charge in [0.05, 0.1) is 11.4 Å². The Hall–Kier alpha value is -1.58. The number of aromatic nitrogens is 1. The minimum atomic E-state index is 0.411. The van der Waals surface area contributed by atoms with Gasteiger partial charge in [0.15, 0.2) is 0 Å². The van der Waals surface area contributed by atoms with Crippen molar-refractivity contribution in [3.05, 3.63) is 58.9 Å². The standard InChI is InChI=1S/C13H13ClN2O/c1-10-4-2-7-13(15-10)9-17-16-12-6-3-5-11(14)8-12/h2-8,16H,9H2,1H3. The van der Waals surface area contributed by atoms with Gasteiger partial charge in [-0.2, -0.15) is 0 Å². The average molecular weight is 249 g/mol. The molecule has 88 valence electrons. The summed E-state index contributed by atoms with van der Waals surface area (Å²) in [5, 5.41) is 0.673. The highest BCUT2D eigenvalue weighted by Crippen LogP contribution is 2.15. The maximum absolute atomic E-state index is 5.85. The number of rotatable bonds is 4. The van der Waals surface area contributed by atoms with Crippen LogP contribution in [0.25, 0.3) is 0 Å². The van der Waals surface area contributed by atoms with E-state index in [1.165, 1.54) is 0 Å². The largest absolute Gasteiger partial charge is 0.270 e. The van der Waals surface area contributed by atoms with Crippen molar-refractivity contribution in [3.63, 3.8) is 0 Å². The number of nitrogens with zero attached hydrogens (tertiary/aromatic N) is 1. The number of anilines is 1. The molecular formula is C13H13ClN2O. The molecule has 1 aromatic carbocycles. The van der Waals surface area contributed by atoms with E-state index >= 15 is 0 Å². The summed E-state index contributed by atoms with van der Waals surface area (Å²) < 4.78 is 0. The van der Waals surface area contributed by atoms with E-state index in [2.05, 4.69) is 10.5 Å². The van der Waals surface area contributed by atoms with Crippen molar-refractivity contribution in [1.29, 1.82) is 0 Å². The van der Waals surface area contributed by atoms with Crippen molar-refractivity contribution in [3.8, 4) is 0 Å². The number of pyridine rings is 1. The molecule has 0 saturated carbocycles. The number of aryl methyl sites for hydroxylation is 1. The Balaban J connectivity index is 1.87. The van der Waals surface area contributed by atoms with E-state index in [4.69, 9.17) is 16.4 Å². The van der Waals surface area contributed by atoms with Crippen molar-refractivity contribution >= 4 is 17.3 Å². The molecule has 0 aliphatic heterocycles. The van der Waals surface area contributed by atoms with E-state index in [1.807, 2.05) is 43.3 Å². The summed E-state index contributed by atoms with van der Waals surface area (Å²) in [6.07, 6.45) is 0. The van der Waals surface area contributed by atoms with Crippen LogP contribution < -0.4 is 5.48 Å². The molecule has 0 atom stereocenters. The molecule has 0 radical (unpaired) electrons. The summed E-state index contributed by atoms with van der Waals surface area (Å²) in [6.45, 7) is 2.36. The first kappa shape index (κ1) is 11.9. The van der Waals surface area contributed by atoms with Crippen molar-refractivity contribution in [1.82, 2.24) is 4.98 Å². The van der Waals surface area contributed by atoms with Crippen LogP contribution in [0, 0.1) is 6.92 Å². The lowest BCUT2D eigenvalue weighted by Gasteiger charge is -2.07. The fourth-order valence-electron chi connectivity index (χ4n) is 1.43. The Morgan fingerprint density at radius 3 is 2.82 bits per heavy atom. The minimum Gasteiger partial charge on any atom is -0.270 e. The van der Waals surface area contributed by atoms with E-state index in [0.717, 1.165) is 17.1 Å². The lowest BCUT2D eigenvalue weighted by Crippen LogP contribution is -2.03. The summed E-state index contributed by atoms with van der Waals surface area (Å²) in [5.74, 6) is 0. The molecule has 17 heavy (non-hydrogen) atoms. The Bertz CT molecular complexity index is 457. The van der Waals surface area contributed by atoms with Crippen LogP contribution in [0.3, 0.4) is 0 Å². The Labute approximate surface area is 105 Å². The molecule has 0 fully saturated rings. The van der Waals surface area contributed by atoms with Crippen LogP contribution >= 0.6 is 11.6 Å². The first-order valence-corrected chi connectivity index (χ1v) is 5.68. The van der Waals surface area contributed by atoms with Crippen LogP contribution in [0.4, 0.5) is 5.69 Å². The summed E-state index contributed by atoms with van der Waals surface area (Å²) in [5.41, 5.74) is 5.52. The molecule has 1 heterocycles. The normalized spacial score (nSPS) is 10.2. The zero-order chi connectivity index (χ0) is 12.1. The Morgan fingerprint density at radius 1 is 1.24 bits per heavy atom. The quantitative estimate of drug-likeness (QED) is 0.840. The van der Waals surface area contributed by atoms with Gasteiger partial charge in [-0.05, 0) is 37.3 Å². The monoisotopic (exact) mass is 248 g/mol. The Morgan fingerprint density at radius 2 is 2.06 bits per heavy atom. The maximum Gasteiger partial charge on any atom is 0.117 e. The van der Waals surface area contributed by atoms with Crippen molar-refractivity contribution in [2.24, 2.45) is 0 Å². The molecule has 0 unspecified atom stereocenters. The summed E-state index contributed by atoms with van der Waals surface area (Å²) in [4.78, 5) is 9.68. The van der Waals surface area contributed by atoms with Crippen LogP contribution in [0.2, 0.25) is 5.02 Å². The van der Waals surface area contributed by atoms with Gasteiger partial charge >= 0.3 is 0 Å². The topological polar surface area (TPSA) is 34.1 Å². The van der Waals surface area contributed by atoms with Crippen molar-refractivity contribution in [2.45, 2.75) is 13.5 Å². The minimum absolute atomic E-state index is 0.411. The lowest BCUT2D eigenvalue weighted by atomic mass is 10.3. The van der Waals surface area contributed by atoms with Crippen LogP contribution in [0.5, 0.6) is 0 Å². The molecule has 0 bridgehead atoms. The predicted octanol–water partition coefficient (Wildman–Crippen LogP) is 3.59. The smallest absolute Gasteiger partial charge is 0.117 e. The van der Waals surface area contributed by atoms with E-state index in [-0.39, 0.29) is 0 Å². The second-order valence-electron chi connectivity index (χ2n) is 3.67. The maximum atomic E-state index is 5.85. The number of hydrogen-bond donors (Lipinski definition) is 1. The summed E-state index contributed by atoms with van der Waals surface area (Å²) >= 11 is 5.85. The van der Waals surface area contributed by atoms with Crippen LogP contribution in [-0.2, 0) is 11.4 Å². The molecule has 0 aliphatic rings. The van der Waals surface area contributed by atoms with Gasteiger partial charge < -0.3 is 0 Å². The number of nitrogens with one attached hydrogen (secondary N) is 1. The second-order valence-corrected chi connectivity index (χ2v) is 4.11. The number of halogens is 1. The van der Waals surface area contributed by atoms with Crippen molar-refractivity contribution in [2.75, 3.05) is 5.48 Å². The van der Waals surface area contributed by atoms with Crippen LogP contribution in [0.15, 0.2) is 42.5 Å². The van der Waals surface area contributed by atoms with E-state index in [1.54, 1.807) is 6.07 Å². The summed E-state index contributed by atoms with van der Waals surface area (Å²) in [6, 6.07) is 13.2. The van der Waals surface area contributed by atoms with Gasteiger partial charge in [-0.25, -0.2) is 0 Å². The third-order valence-electron chi connectivity index (χ3n) is 2.18. The van der Waals surface area contributed by atoms with Gasteiger partial charge in [-0.15, -0.1) is 0 Å². The predicted molar refractivity (Wildman–Crippen MR) is 68.8 cm³/mol. The first-order chi connectivity index (χ1) is 8.24. The second kappa shape index (κ2) is 5.66. The highest BCUT2D eigenvalue weighted by molar-refractivity contribution is 6.30. The van der Waals surface area contributed by atoms with Crippen molar-refractivity contribution < 1.29 is 4.84 Å². The fraction of sp³-hybridized carbons (Fsp3) is 0.154. The van der Waals surface area contributed by atoms with Gasteiger partial charge in [0, 0.05) is 10.7 Å². The molecule has 0 saturated heterocycles. The molecular weight excluding hydrogens is 236 g/mol. The Kier molecular flexibility index (Phi) is 3.96. The van der Waals surface area contributed by atoms with Crippen LogP contribution in [-0.4, -0.2) is 4.98 Å². The molecule has 1 N–H and O–H groups in total. The van der Waals surface area contributed by atoms with E-state index in [9.17, 15) is 0 Å². The third kappa shape index (κ3) is 3.73. The fourth-order valence-corrected chi connectivity index (χ4v) is 1.62. The molecule has 2 aromatic rings. The lowest BCUT2D eigenvalue weighted by molar-refractivity contribution is 0.177. The van der Waals surface area contributed by atoms with E-state index < -0.39 is 0 Å². The molecule has 0 spiro atoms. The number of hydrogen-bond acceptors (Lipinski definition) is 3. The highest BCUT2D eigenvalue weighted by Gasteiger charge is 1.96. The van der Waals surface area contributed by atoms with Gasteiger partial charge in [0.1, 0.15) is 6.61 Å². The highest BCUT2D eigenvalue weighted by atomic mass is 35.5. The molecule has 0 aliphatic carbocycles. The third-order valence-corrected chi connectivity index (χ3v) is 2.42. The molecule has 2 rings (SSSR count). The van der Waals surface area contributed by atoms with Gasteiger partial charge in [0.25, 0.3) is 0 Å². The number of benzene rings is 1. The zero-order valence-corrected chi connectivity index (χ0v) is 10.2. The van der Waals surface area contributed by atoms with Gasteiger partial charge in [0.2, 0.25) is 0 Å². The summed E-state index contributed by atoms with van der Waals surface area (Å²) in [7, 11) is 0. The van der Waals surface area contributed by atoms with E-state index in [0.29, 0.717) is 11.6 Å². The SMILES string of the molecule is Cc1cccc(CONc2cccc(Cl)c2)n1. The average Bonchev–Trinajstić information content (AvgIpc) is 2.29. The van der Waals surface area contributed by atoms with Gasteiger partial charge in [-0.1, -0.05) is 23.7 Å². The molecule has 1 aromatic heterocycles. The molecule has 4 heteroatoms. The first-order valence-electron chi connectivity index (χ1n) is 5.30. The van der Waals surface area contributed by atoms with Gasteiger partial charge in [-0.3, -0.25) is 15.3 Å². The zero-order valence-electron chi connectivity index (χ0n) is 9.48. The molecule has 3 nitrogen and oxygen atoms in total. The molecule has 0 amide bonds. The van der Waals surface area contributed by atoms with Crippen LogP contribution in [0.1, 0.15) is 11.4 Å².